The third-order valence-electron chi connectivity index (χ3n) is 13.4. The first-order chi connectivity index (χ1) is 24.4. The van der Waals surface area contributed by atoms with Crippen LogP contribution >= 0.6 is 0 Å². The minimum absolute atomic E-state index is 0.0830. The SMILES string of the molecule is Cc1cc(O)c(C2CCCCC2)cc1C1CC(c2cc(C3CCCCC3)c(O)cc2C)c2cc(C3CCCCC3)c(O)cc2-c2ccccc21. The van der Waals surface area contributed by atoms with Crippen molar-refractivity contribution in [2.75, 3.05) is 0 Å². The molecule has 0 bridgehead atoms. The summed E-state index contributed by atoms with van der Waals surface area (Å²) in [6.45, 7) is 4.36. The first kappa shape index (κ1) is 33.4. The molecule has 0 amide bonds. The van der Waals surface area contributed by atoms with Crippen LogP contribution in [0.4, 0.5) is 0 Å². The Labute approximate surface area is 299 Å². The largest absolute Gasteiger partial charge is 0.508 e. The summed E-state index contributed by atoms with van der Waals surface area (Å²) < 4.78 is 0. The zero-order valence-corrected chi connectivity index (χ0v) is 30.3. The number of phenols is 3. The second-order valence-electron chi connectivity index (χ2n) is 16.5. The Bertz CT molecular complexity index is 1850. The lowest BCUT2D eigenvalue weighted by Gasteiger charge is -2.30. The van der Waals surface area contributed by atoms with Gasteiger partial charge in [0.2, 0.25) is 0 Å². The van der Waals surface area contributed by atoms with E-state index in [-0.39, 0.29) is 11.8 Å². The molecule has 0 aromatic heterocycles. The fourth-order valence-corrected chi connectivity index (χ4v) is 10.7. The quantitative estimate of drug-likeness (QED) is 0.198. The topological polar surface area (TPSA) is 60.7 Å². The van der Waals surface area contributed by atoms with E-state index in [0.29, 0.717) is 35.0 Å². The third kappa shape index (κ3) is 6.24. The molecule has 0 saturated heterocycles. The summed E-state index contributed by atoms with van der Waals surface area (Å²) in [6.07, 6.45) is 18.9. The number of aromatic hydroxyl groups is 3. The number of rotatable bonds is 5. The van der Waals surface area contributed by atoms with E-state index >= 15 is 0 Å². The van der Waals surface area contributed by atoms with Gasteiger partial charge in [0, 0.05) is 11.8 Å². The van der Waals surface area contributed by atoms with Crippen LogP contribution in [0.3, 0.4) is 0 Å². The molecule has 3 nitrogen and oxygen atoms in total. The van der Waals surface area contributed by atoms with Crippen molar-refractivity contribution >= 4 is 0 Å². The lowest BCUT2D eigenvalue weighted by Crippen LogP contribution is -2.13. The second-order valence-corrected chi connectivity index (χ2v) is 16.5. The molecule has 0 aliphatic heterocycles. The molecule has 3 N–H and O–H groups in total. The highest BCUT2D eigenvalue weighted by atomic mass is 16.3. The zero-order valence-electron chi connectivity index (χ0n) is 30.3. The molecular weight excluding hydrogens is 613 g/mol. The monoisotopic (exact) mass is 668 g/mol. The Hall–Kier alpha value is -3.72. The molecule has 8 rings (SSSR count). The predicted molar refractivity (Wildman–Crippen MR) is 205 cm³/mol. The summed E-state index contributed by atoms with van der Waals surface area (Å²) in [5.74, 6) is 2.73. The highest BCUT2D eigenvalue weighted by Crippen LogP contribution is 2.54. The highest BCUT2D eigenvalue weighted by molar-refractivity contribution is 5.77. The van der Waals surface area contributed by atoms with Crippen LogP contribution in [0.5, 0.6) is 17.2 Å². The lowest BCUT2D eigenvalue weighted by molar-refractivity contribution is 0.413. The molecule has 4 aliphatic rings. The van der Waals surface area contributed by atoms with Gasteiger partial charge < -0.3 is 15.3 Å². The summed E-state index contributed by atoms with van der Waals surface area (Å²) in [5, 5.41) is 34.5. The van der Waals surface area contributed by atoms with E-state index in [2.05, 4.69) is 62.4 Å². The molecule has 2 unspecified atom stereocenters. The number of fused-ring (bicyclic) bond motifs is 3. The standard InChI is InChI=1S/C47H56O3/c1-29-22-45(48)38(31-14-6-3-7-15-31)24-36(29)41-27-42(37-25-39(46(49)23-30(37)2)32-16-8-4-9-17-32)43-26-40(33-18-10-5-11-19-33)47(50)28-44(43)35-21-13-12-20-34(35)41/h12-13,20-26,28,31-33,41-42,48-50H,3-11,14-19,27H2,1-2H3. The smallest absolute Gasteiger partial charge is 0.119 e. The summed E-state index contributed by atoms with van der Waals surface area (Å²) in [4.78, 5) is 0. The van der Waals surface area contributed by atoms with Crippen LogP contribution in [0.25, 0.3) is 11.1 Å². The van der Waals surface area contributed by atoms with Gasteiger partial charge in [-0.05, 0) is 156 Å². The summed E-state index contributed by atoms with van der Waals surface area (Å²) in [7, 11) is 0. The van der Waals surface area contributed by atoms with Crippen molar-refractivity contribution in [2.24, 2.45) is 0 Å². The van der Waals surface area contributed by atoms with E-state index in [1.54, 1.807) is 0 Å². The van der Waals surface area contributed by atoms with Gasteiger partial charge in [-0.2, -0.15) is 0 Å². The van der Waals surface area contributed by atoms with Crippen molar-refractivity contribution in [2.45, 2.75) is 146 Å². The number of hydrogen-bond acceptors (Lipinski definition) is 3. The molecule has 0 heterocycles. The Balaban J connectivity index is 1.34. The number of phenolic OH excluding ortho intramolecular Hbond substituents is 3. The molecule has 0 spiro atoms. The van der Waals surface area contributed by atoms with Crippen LogP contribution < -0.4 is 0 Å². The van der Waals surface area contributed by atoms with Crippen LogP contribution in [0.1, 0.15) is 182 Å². The van der Waals surface area contributed by atoms with E-state index in [4.69, 9.17) is 0 Å². The van der Waals surface area contributed by atoms with Crippen LogP contribution in [-0.4, -0.2) is 15.3 Å². The fraction of sp³-hybridized carbons (Fsp3) is 0.489. The van der Waals surface area contributed by atoms with Crippen molar-refractivity contribution < 1.29 is 15.3 Å². The summed E-state index contributed by atoms with van der Waals surface area (Å²) in [6, 6.07) is 22.2. The molecular formula is C47H56O3. The summed E-state index contributed by atoms with van der Waals surface area (Å²) in [5.41, 5.74) is 13.2. The van der Waals surface area contributed by atoms with Crippen molar-refractivity contribution in [3.8, 4) is 28.4 Å². The molecule has 3 heteroatoms. The average Bonchev–Trinajstić information content (AvgIpc) is 3.27. The van der Waals surface area contributed by atoms with Gasteiger partial charge >= 0.3 is 0 Å². The van der Waals surface area contributed by atoms with Gasteiger partial charge in [0.1, 0.15) is 17.2 Å². The highest BCUT2D eigenvalue weighted by Gasteiger charge is 2.35. The average molecular weight is 669 g/mol. The van der Waals surface area contributed by atoms with E-state index < -0.39 is 0 Å². The number of aryl methyl sites for hydroxylation is 2. The minimum Gasteiger partial charge on any atom is -0.508 e. The van der Waals surface area contributed by atoms with Crippen molar-refractivity contribution in [3.63, 3.8) is 0 Å². The molecule has 4 aromatic rings. The van der Waals surface area contributed by atoms with Crippen LogP contribution in [0.15, 0.2) is 60.7 Å². The maximum atomic E-state index is 11.8. The lowest BCUT2D eigenvalue weighted by atomic mass is 9.74. The summed E-state index contributed by atoms with van der Waals surface area (Å²) >= 11 is 0. The first-order valence-electron chi connectivity index (χ1n) is 20.0. The van der Waals surface area contributed by atoms with Gasteiger partial charge in [-0.1, -0.05) is 100 Å². The van der Waals surface area contributed by atoms with Gasteiger partial charge in [0.25, 0.3) is 0 Å². The van der Waals surface area contributed by atoms with Crippen LogP contribution in [0.2, 0.25) is 0 Å². The molecule has 4 aliphatic carbocycles. The minimum atomic E-state index is 0.0830. The van der Waals surface area contributed by atoms with Crippen LogP contribution in [-0.2, 0) is 0 Å². The Morgan fingerprint density at radius 1 is 0.400 bits per heavy atom. The molecule has 262 valence electrons. The van der Waals surface area contributed by atoms with E-state index in [1.165, 1.54) is 85.6 Å². The maximum Gasteiger partial charge on any atom is 0.119 e. The van der Waals surface area contributed by atoms with Gasteiger partial charge in [-0.3, -0.25) is 0 Å². The molecule has 2 atom stereocenters. The van der Waals surface area contributed by atoms with Crippen LogP contribution in [0, 0.1) is 13.8 Å². The normalized spacial score (nSPS) is 22.1. The maximum absolute atomic E-state index is 11.8. The molecule has 0 radical (unpaired) electrons. The Kier molecular flexibility index (Phi) is 9.44. The molecule has 4 aromatic carbocycles. The molecule has 3 fully saturated rings. The zero-order chi connectivity index (χ0) is 34.4. The van der Waals surface area contributed by atoms with Crippen molar-refractivity contribution in [1.82, 2.24) is 0 Å². The predicted octanol–water partition coefficient (Wildman–Crippen LogP) is 12.9. The van der Waals surface area contributed by atoms with Gasteiger partial charge in [-0.25, -0.2) is 0 Å². The van der Waals surface area contributed by atoms with Gasteiger partial charge in [-0.15, -0.1) is 0 Å². The molecule has 3 saturated carbocycles. The fourth-order valence-electron chi connectivity index (χ4n) is 10.7. The second kappa shape index (κ2) is 14.1. The van der Waals surface area contributed by atoms with Gasteiger partial charge in [0.05, 0.1) is 0 Å². The first-order valence-corrected chi connectivity index (χ1v) is 20.0. The number of benzene rings is 4. The van der Waals surface area contributed by atoms with E-state index in [0.717, 1.165) is 78.3 Å². The third-order valence-corrected chi connectivity index (χ3v) is 13.4. The Morgan fingerprint density at radius 3 is 1.28 bits per heavy atom. The number of hydrogen-bond donors (Lipinski definition) is 3. The van der Waals surface area contributed by atoms with E-state index in [1.807, 2.05) is 12.1 Å². The van der Waals surface area contributed by atoms with Crippen molar-refractivity contribution in [1.29, 1.82) is 0 Å². The Morgan fingerprint density at radius 2 is 0.800 bits per heavy atom. The van der Waals surface area contributed by atoms with E-state index in [9.17, 15) is 15.3 Å². The van der Waals surface area contributed by atoms with Gasteiger partial charge in [0.15, 0.2) is 0 Å². The van der Waals surface area contributed by atoms with Crippen molar-refractivity contribution in [3.05, 3.63) is 111 Å². The molecule has 50 heavy (non-hydrogen) atoms.